The molecule has 0 aromatic carbocycles. The zero-order valence-electron chi connectivity index (χ0n) is 10.7. The second kappa shape index (κ2) is 5.67. The molecule has 0 amide bonds. The zero-order chi connectivity index (χ0) is 13.0. The molecule has 1 heterocycles. The smallest absolute Gasteiger partial charge is 0.323 e. The van der Waals surface area contributed by atoms with E-state index >= 15 is 0 Å². The number of ether oxygens (including phenoxy) is 2. The largest absolute Gasteiger partial charge is 0.481 e. The molecule has 0 aliphatic carbocycles. The summed E-state index contributed by atoms with van der Waals surface area (Å²) < 4.78 is 11.7. The number of hydrogen-bond donors (Lipinski definition) is 1. The van der Waals surface area contributed by atoms with E-state index in [2.05, 4.69) is 5.10 Å². The lowest BCUT2D eigenvalue weighted by atomic mass is 10.1. The molecule has 0 bridgehead atoms. The number of methoxy groups -OCH3 is 1. The van der Waals surface area contributed by atoms with Crippen LogP contribution in [0.3, 0.4) is 0 Å². The van der Waals surface area contributed by atoms with Crippen molar-refractivity contribution in [3.05, 3.63) is 11.3 Å². The van der Waals surface area contributed by atoms with E-state index in [-0.39, 0.29) is 0 Å². The number of rotatable bonds is 5. The molecule has 0 saturated heterocycles. The fraction of sp³-hybridized carbons (Fsp3) is 0.636. The predicted molar refractivity (Wildman–Crippen MR) is 62.8 cm³/mol. The molecule has 2 N–H and O–H groups in total. The van der Waals surface area contributed by atoms with Crippen molar-refractivity contribution in [2.75, 3.05) is 13.7 Å². The number of carbonyl (C=O) groups is 1. The SMILES string of the molecule is CCOC(=O)C(N)Cc1c(C)nn(C)c1OC. The molecule has 0 aliphatic rings. The molecule has 1 atom stereocenters. The third-order valence-corrected chi connectivity index (χ3v) is 2.50. The van der Waals surface area contributed by atoms with Gasteiger partial charge in [0, 0.05) is 19.0 Å². The second-order valence-electron chi connectivity index (χ2n) is 3.76. The van der Waals surface area contributed by atoms with Crippen LogP contribution in [-0.4, -0.2) is 35.5 Å². The van der Waals surface area contributed by atoms with E-state index in [4.69, 9.17) is 15.2 Å². The minimum absolute atomic E-state index is 0.329. The van der Waals surface area contributed by atoms with Crippen LogP contribution in [0, 0.1) is 6.92 Å². The third kappa shape index (κ3) is 2.97. The van der Waals surface area contributed by atoms with Gasteiger partial charge in [0.15, 0.2) is 0 Å². The quantitative estimate of drug-likeness (QED) is 0.743. The van der Waals surface area contributed by atoms with Gasteiger partial charge in [-0.05, 0) is 13.8 Å². The van der Waals surface area contributed by atoms with Crippen LogP contribution in [0.2, 0.25) is 0 Å². The van der Waals surface area contributed by atoms with Gasteiger partial charge in [0.1, 0.15) is 6.04 Å². The normalized spacial score (nSPS) is 12.3. The number of aryl methyl sites for hydroxylation is 2. The number of hydrogen-bond acceptors (Lipinski definition) is 5. The summed E-state index contributed by atoms with van der Waals surface area (Å²) in [7, 11) is 3.35. The van der Waals surface area contributed by atoms with Crippen molar-refractivity contribution < 1.29 is 14.3 Å². The fourth-order valence-electron chi connectivity index (χ4n) is 1.72. The van der Waals surface area contributed by atoms with Crippen LogP contribution in [0.15, 0.2) is 0 Å². The first-order valence-electron chi connectivity index (χ1n) is 5.49. The highest BCUT2D eigenvalue weighted by atomic mass is 16.5. The first-order chi connectivity index (χ1) is 8.01. The molecule has 0 aliphatic heterocycles. The van der Waals surface area contributed by atoms with Crippen LogP contribution in [0.4, 0.5) is 0 Å². The van der Waals surface area contributed by atoms with Crippen LogP contribution in [0.25, 0.3) is 0 Å². The van der Waals surface area contributed by atoms with E-state index in [1.807, 2.05) is 6.92 Å². The Labute approximate surface area is 101 Å². The molecule has 6 nitrogen and oxygen atoms in total. The minimum atomic E-state index is -0.688. The monoisotopic (exact) mass is 241 g/mol. The van der Waals surface area contributed by atoms with Crippen LogP contribution in [0.1, 0.15) is 18.2 Å². The van der Waals surface area contributed by atoms with Crippen molar-refractivity contribution in [2.24, 2.45) is 12.8 Å². The standard InChI is InChI=1S/C11H19N3O3/c1-5-17-11(15)9(12)6-8-7(2)13-14(3)10(8)16-4/h9H,5-6,12H2,1-4H3. The Hall–Kier alpha value is -1.56. The lowest BCUT2D eigenvalue weighted by Gasteiger charge is -2.11. The predicted octanol–water partition coefficient (Wildman–Crippen LogP) is 0.170. The molecule has 0 radical (unpaired) electrons. The molecule has 0 spiro atoms. The summed E-state index contributed by atoms with van der Waals surface area (Å²) in [5, 5.41) is 4.22. The van der Waals surface area contributed by atoms with Crippen LogP contribution in [-0.2, 0) is 23.0 Å². The van der Waals surface area contributed by atoms with Gasteiger partial charge in [-0.1, -0.05) is 0 Å². The maximum atomic E-state index is 11.4. The van der Waals surface area contributed by atoms with E-state index in [9.17, 15) is 4.79 Å². The zero-order valence-corrected chi connectivity index (χ0v) is 10.7. The molecule has 1 rings (SSSR count). The Morgan fingerprint density at radius 3 is 2.76 bits per heavy atom. The van der Waals surface area contributed by atoms with Gasteiger partial charge < -0.3 is 15.2 Å². The van der Waals surface area contributed by atoms with Crippen molar-refractivity contribution in [2.45, 2.75) is 26.3 Å². The van der Waals surface area contributed by atoms with Gasteiger partial charge in [-0.15, -0.1) is 0 Å². The van der Waals surface area contributed by atoms with Gasteiger partial charge in [0.2, 0.25) is 5.88 Å². The van der Waals surface area contributed by atoms with Crippen LogP contribution < -0.4 is 10.5 Å². The summed E-state index contributed by atoms with van der Waals surface area (Å²) in [4.78, 5) is 11.4. The first kappa shape index (κ1) is 13.5. The van der Waals surface area contributed by atoms with Gasteiger partial charge in [-0.25, -0.2) is 4.68 Å². The number of esters is 1. The lowest BCUT2D eigenvalue weighted by molar-refractivity contribution is -0.144. The maximum absolute atomic E-state index is 11.4. The number of carbonyl (C=O) groups excluding carboxylic acids is 1. The van der Waals surface area contributed by atoms with Gasteiger partial charge >= 0.3 is 5.97 Å². The van der Waals surface area contributed by atoms with Crippen molar-refractivity contribution in [1.29, 1.82) is 0 Å². The van der Waals surface area contributed by atoms with E-state index in [0.717, 1.165) is 11.3 Å². The molecular formula is C11H19N3O3. The van der Waals surface area contributed by atoms with Crippen molar-refractivity contribution in [1.82, 2.24) is 9.78 Å². The lowest BCUT2D eigenvalue weighted by Crippen LogP contribution is -2.34. The third-order valence-electron chi connectivity index (χ3n) is 2.50. The number of aromatic nitrogens is 2. The molecule has 6 heteroatoms. The van der Waals surface area contributed by atoms with Crippen molar-refractivity contribution in [3.63, 3.8) is 0 Å². The van der Waals surface area contributed by atoms with Crippen LogP contribution in [0.5, 0.6) is 5.88 Å². The second-order valence-corrected chi connectivity index (χ2v) is 3.76. The molecule has 1 aromatic rings. The van der Waals surface area contributed by atoms with Gasteiger partial charge in [-0.2, -0.15) is 5.10 Å². The molecule has 1 unspecified atom stereocenters. The highest BCUT2D eigenvalue weighted by molar-refractivity contribution is 5.76. The van der Waals surface area contributed by atoms with E-state index < -0.39 is 12.0 Å². The first-order valence-corrected chi connectivity index (χ1v) is 5.49. The average molecular weight is 241 g/mol. The summed E-state index contributed by atoms with van der Waals surface area (Å²) in [5.74, 6) is 0.222. The molecule has 0 fully saturated rings. The fourth-order valence-corrected chi connectivity index (χ4v) is 1.72. The maximum Gasteiger partial charge on any atom is 0.323 e. The average Bonchev–Trinajstić information content (AvgIpc) is 2.53. The Bertz CT molecular complexity index is 401. The Balaban J connectivity index is 2.84. The summed E-state index contributed by atoms with van der Waals surface area (Å²) in [6.07, 6.45) is 0.363. The Kier molecular flexibility index (Phi) is 4.51. The van der Waals surface area contributed by atoms with Gasteiger partial charge in [0.25, 0.3) is 0 Å². The summed E-state index contributed by atoms with van der Waals surface area (Å²) in [6, 6.07) is -0.688. The summed E-state index contributed by atoms with van der Waals surface area (Å²) >= 11 is 0. The van der Waals surface area contributed by atoms with Gasteiger partial charge in [-0.3, -0.25) is 4.79 Å². The summed E-state index contributed by atoms with van der Waals surface area (Å²) in [5.41, 5.74) is 7.42. The number of nitrogens with two attached hydrogens (primary N) is 1. The molecule has 1 aromatic heterocycles. The van der Waals surface area contributed by atoms with Gasteiger partial charge in [0.05, 0.1) is 19.4 Å². The van der Waals surface area contributed by atoms with E-state index in [1.165, 1.54) is 0 Å². The van der Waals surface area contributed by atoms with E-state index in [1.54, 1.807) is 25.8 Å². The van der Waals surface area contributed by atoms with E-state index in [0.29, 0.717) is 18.9 Å². The highest BCUT2D eigenvalue weighted by Gasteiger charge is 2.21. The molecule has 96 valence electrons. The Morgan fingerprint density at radius 1 is 1.59 bits per heavy atom. The molecular weight excluding hydrogens is 222 g/mol. The van der Waals surface area contributed by atoms with Crippen molar-refractivity contribution >= 4 is 5.97 Å². The minimum Gasteiger partial charge on any atom is -0.481 e. The summed E-state index contributed by atoms with van der Waals surface area (Å²) in [6.45, 7) is 3.94. The topological polar surface area (TPSA) is 79.4 Å². The highest BCUT2D eigenvalue weighted by Crippen LogP contribution is 2.22. The molecule has 0 saturated carbocycles. The molecule has 17 heavy (non-hydrogen) atoms. The van der Waals surface area contributed by atoms with Crippen molar-refractivity contribution in [3.8, 4) is 5.88 Å². The Morgan fingerprint density at radius 2 is 2.24 bits per heavy atom. The van der Waals surface area contributed by atoms with Crippen LogP contribution >= 0.6 is 0 Å². The number of nitrogens with zero attached hydrogens (tertiary/aromatic N) is 2.